The number of carbonyl (C=O) groups excluding carboxylic acids is 1. The Morgan fingerprint density at radius 1 is 1.37 bits per heavy atom. The third kappa shape index (κ3) is 5.41. The Labute approximate surface area is 174 Å². The summed E-state index contributed by atoms with van der Waals surface area (Å²) >= 11 is 1.74. The number of rotatable bonds is 5. The summed E-state index contributed by atoms with van der Waals surface area (Å²) in [5.41, 5.74) is 1.39. The Bertz CT molecular complexity index is 841. The first-order chi connectivity index (χ1) is 14.2. The van der Waals surface area contributed by atoms with Crippen LogP contribution in [0.15, 0.2) is 39.6 Å². The molecule has 30 heavy (non-hydrogen) atoms. The molecule has 2 aromatic heterocycles. The van der Waals surface area contributed by atoms with Gasteiger partial charge in [-0.1, -0.05) is 0 Å². The number of carboxylic acids is 1. The second-order valence-electron chi connectivity index (χ2n) is 7.34. The lowest BCUT2D eigenvalue weighted by Gasteiger charge is -2.27. The minimum Gasteiger partial charge on any atom is -0.475 e. The maximum Gasteiger partial charge on any atom is 0.490 e. The number of nitrogens with one attached hydrogen (secondary N) is 1. The van der Waals surface area contributed by atoms with Gasteiger partial charge in [-0.05, 0) is 34.5 Å². The van der Waals surface area contributed by atoms with Crippen LogP contribution in [0.2, 0.25) is 0 Å². The summed E-state index contributed by atoms with van der Waals surface area (Å²) in [5, 5.41) is 14.5. The second-order valence-corrected chi connectivity index (χ2v) is 8.12. The van der Waals surface area contributed by atoms with Crippen molar-refractivity contribution >= 4 is 23.2 Å². The van der Waals surface area contributed by atoms with Crippen molar-refractivity contribution in [2.45, 2.75) is 12.7 Å². The lowest BCUT2D eigenvalue weighted by Crippen LogP contribution is -2.43. The molecule has 0 unspecified atom stereocenters. The highest BCUT2D eigenvalue weighted by Gasteiger charge is 2.50. The maximum absolute atomic E-state index is 12.1. The van der Waals surface area contributed by atoms with Crippen molar-refractivity contribution in [1.29, 1.82) is 0 Å². The average molecular weight is 446 g/mol. The molecule has 164 valence electrons. The molecular formula is C19H21F3N2O5S. The third-order valence-electron chi connectivity index (χ3n) is 5.17. The lowest BCUT2D eigenvalue weighted by atomic mass is 9.81. The number of aliphatic carboxylic acids is 1. The van der Waals surface area contributed by atoms with Crippen LogP contribution in [0.25, 0.3) is 0 Å². The number of halogens is 3. The summed E-state index contributed by atoms with van der Waals surface area (Å²) in [6.45, 7) is 5.12. The van der Waals surface area contributed by atoms with E-state index >= 15 is 0 Å². The molecule has 0 saturated carbocycles. The largest absolute Gasteiger partial charge is 0.490 e. The minimum absolute atomic E-state index is 0.0261. The number of ether oxygens (including phenoxy) is 1. The standard InChI is InChI=1S/C17H20N2O3S.C2HF3O2/c20-16(15-2-1-4-22-15)18-10-17-11-19(6-13-3-5-23-9-13)7-14(17)8-21-12-17;3-2(4,5)1(6)7/h1-5,9,14H,6-8,10-12H2,(H,18,20);(H,6,7)/t14-,17+;/m1./s1. The van der Waals surface area contributed by atoms with Crippen molar-refractivity contribution in [3.63, 3.8) is 0 Å². The van der Waals surface area contributed by atoms with Gasteiger partial charge in [0.1, 0.15) is 0 Å². The van der Waals surface area contributed by atoms with Crippen LogP contribution in [0.4, 0.5) is 13.2 Å². The van der Waals surface area contributed by atoms with Crippen LogP contribution < -0.4 is 5.32 Å². The molecule has 1 amide bonds. The number of alkyl halides is 3. The smallest absolute Gasteiger partial charge is 0.475 e. The van der Waals surface area contributed by atoms with Crippen LogP contribution in [0.1, 0.15) is 16.1 Å². The first kappa shape index (κ1) is 22.3. The van der Waals surface area contributed by atoms with Crippen molar-refractivity contribution < 1.29 is 37.0 Å². The van der Waals surface area contributed by atoms with E-state index in [1.807, 2.05) is 0 Å². The van der Waals surface area contributed by atoms with Crippen LogP contribution in [-0.2, 0) is 16.1 Å². The first-order valence-corrected chi connectivity index (χ1v) is 10.1. The Kier molecular flexibility index (Phi) is 6.84. The van der Waals surface area contributed by atoms with E-state index in [2.05, 4.69) is 27.0 Å². The zero-order valence-corrected chi connectivity index (χ0v) is 16.7. The quantitative estimate of drug-likeness (QED) is 0.734. The molecule has 0 aliphatic carbocycles. The summed E-state index contributed by atoms with van der Waals surface area (Å²) in [6, 6.07) is 5.60. The van der Waals surface area contributed by atoms with Gasteiger partial charge in [-0.25, -0.2) is 4.79 Å². The normalized spacial score (nSPS) is 23.5. The SMILES string of the molecule is O=C(NC[C@]12COC[C@H]1CN(Cc1ccsc1)C2)c1ccco1.O=C(O)C(F)(F)F. The summed E-state index contributed by atoms with van der Waals surface area (Å²) in [4.78, 5) is 23.5. The van der Waals surface area contributed by atoms with E-state index in [0.29, 0.717) is 18.2 Å². The van der Waals surface area contributed by atoms with Crippen LogP contribution >= 0.6 is 11.3 Å². The monoisotopic (exact) mass is 446 g/mol. The molecule has 4 heterocycles. The van der Waals surface area contributed by atoms with Crippen LogP contribution in [0, 0.1) is 11.3 Å². The van der Waals surface area contributed by atoms with Crippen molar-refractivity contribution in [3.8, 4) is 0 Å². The molecule has 2 aliphatic heterocycles. The molecule has 2 fully saturated rings. The maximum atomic E-state index is 12.1. The molecule has 0 bridgehead atoms. The van der Waals surface area contributed by atoms with Crippen molar-refractivity contribution in [3.05, 3.63) is 46.5 Å². The van der Waals surface area contributed by atoms with Gasteiger partial charge in [-0.2, -0.15) is 24.5 Å². The van der Waals surface area contributed by atoms with E-state index in [9.17, 15) is 18.0 Å². The van der Waals surface area contributed by atoms with Crippen LogP contribution in [-0.4, -0.2) is 60.9 Å². The van der Waals surface area contributed by atoms with Gasteiger partial charge in [0.05, 0.1) is 19.5 Å². The Balaban J connectivity index is 0.000000318. The number of amides is 1. The molecule has 2 saturated heterocycles. The number of furan rings is 1. The van der Waals surface area contributed by atoms with Crippen molar-refractivity contribution in [2.75, 3.05) is 32.8 Å². The molecule has 0 spiro atoms. The Morgan fingerprint density at radius 3 is 2.73 bits per heavy atom. The number of thiophene rings is 1. The van der Waals surface area contributed by atoms with E-state index in [-0.39, 0.29) is 11.3 Å². The molecule has 2 aliphatic rings. The van der Waals surface area contributed by atoms with E-state index in [4.69, 9.17) is 19.1 Å². The molecule has 2 N–H and O–H groups in total. The topological polar surface area (TPSA) is 92.0 Å². The molecule has 2 atom stereocenters. The summed E-state index contributed by atoms with van der Waals surface area (Å²) in [7, 11) is 0. The van der Waals surface area contributed by atoms with E-state index in [1.54, 1.807) is 23.5 Å². The number of hydrogen-bond acceptors (Lipinski definition) is 6. The molecule has 2 aromatic rings. The highest BCUT2D eigenvalue weighted by atomic mass is 32.1. The second kappa shape index (κ2) is 9.19. The fraction of sp³-hybridized carbons (Fsp3) is 0.474. The van der Waals surface area contributed by atoms with Crippen molar-refractivity contribution in [1.82, 2.24) is 10.2 Å². The van der Waals surface area contributed by atoms with Crippen LogP contribution in [0.5, 0.6) is 0 Å². The van der Waals surface area contributed by atoms with Crippen molar-refractivity contribution in [2.24, 2.45) is 11.3 Å². The van der Waals surface area contributed by atoms with Gasteiger partial charge in [0.25, 0.3) is 5.91 Å². The van der Waals surface area contributed by atoms with Gasteiger partial charge in [-0.15, -0.1) is 0 Å². The van der Waals surface area contributed by atoms with E-state index in [1.165, 1.54) is 11.8 Å². The fourth-order valence-electron chi connectivity index (χ4n) is 3.71. The number of hydrogen-bond donors (Lipinski definition) is 2. The summed E-state index contributed by atoms with van der Waals surface area (Å²) < 4.78 is 42.6. The number of nitrogens with zero attached hydrogens (tertiary/aromatic N) is 1. The van der Waals surface area contributed by atoms with Gasteiger partial charge in [0.2, 0.25) is 0 Å². The van der Waals surface area contributed by atoms with E-state index in [0.717, 1.165) is 32.8 Å². The molecule has 4 rings (SSSR count). The van der Waals surface area contributed by atoms with Gasteiger partial charge >= 0.3 is 12.1 Å². The predicted molar refractivity (Wildman–Crippen MR) is 101 cm³/mol. The first-order valence-electron chi connectivity index (χ1n) is 9.13. The highest BCUT2D eigenvalue weighted by Crippen LogP contribution is 2.41. The molecular weight excluding hydrogens is 425 g/mol. The third-order valence-corrected chi connectivity index (χ3v) is 5.90. The average Bonchev–Trinajstić information content (AvgIpc) is 3.44. The number of carbonyl (C=O) groups is 2. The molecule has 7 nitrogen and oxygen atoms in total. The Morgan fingerprint density at radius 2 is 2.13 bits per heavy atom. The predicted octanol–water partition coefficient (Wildman–Crippen LogP) is 2.85. The van der Waals surface area contributed by atoms with Gasteiger partial charge < -0.3 is 19.6 Å². The zero-order chi connectivity index (χ0) is 21.8. The molecule has 11 heteroatoms. The minimum atomic E-state index is -5.08. The molecule has 0 radical (unpaired) electrons. The van der Waals surface area contributed by atoms with Gasteiger partial charge in [0.15, 0.2) is 5.76 Å². The Hall–Kier alpha value is -2.37. The zero-order valence-electron chi connectivity index (χ0n) is 15.9. The molecule has 0 aromatic carbocycles. The van der Waals surface area contributed by atoms with Gasteiger partial charge in [0, 0.05) is 37.5 Å². The van der Waals surface area contributed by atoms with Gasteiger partial charge in [-0.3, -0.25) is 9.69 Å². The van der Waals surface area contributed by atoms with E-state index < -0.39 is 12.1 Å². The summed E-state index contributed by atoms with van der Waals surface area (Å²) in [5.74, 6) is -2.05. The van der Waals surface area contributed by atoms with Crippen LogP contribution in [0.3, 0.4) is 0 Å². The number of carboxylic acid groups (broad SMARTS) is 1. The number of likely N-dealkylation sites (tertiary alicyclic amines) is 1. The fourth-order valence-corrected chi connectivity index (χ4v) is 4.37. The summed E-state index contributed by atoms with van der Waals surface area (Å²) in [6.07, 6.45) is -3.56. The lowest BCUT2D eigenvalue weighted by molar-refractivity contribution is -0.192. The highest BCUT2D eigenvalue weighted by molar-refractivity contribution is 7.07. The number of fused-ring (bicyclic) bond motifs is 1.